The van der Waals surface area contributed by atoms with Crippen LogP contribution in [0.25, 0.3) is 0 Å². The van der Waals surface area contributed by atoms with E-state index >= 15 is 0 Å². The van der Waals surface area contributed by atoms with Gasteiger partial charge in [-0.1, -0.05) is 95.0 Å². The number of hydrogen-bond donors (Lipinski definition) is 2. The van der Waals surface area contributed by atoms with E-state index < -0.39 is 0 Å². The summed E-state index contributed by atoms with van der Waals surface area (Å²) < 4.78 is 0. The van der Waals surface area contributed by atoms with E-state index in [1.54, 1.807) is 0 Å². The number of aliphatic hydroxyl groups is 2. The first-order valence-corrected chi connectivity index (χ1v) is 11.7. The van der Waals surface area contributed by atoms with Crippen LogP contribution < -0.4 is 0 Å². The third-order valence-electron chi connectivity index (χ3n) is 5.47. The first-order valence-electron chi connectivity index (χ1n) is 11.7. The average Bonchev–Trinajstić information content (AvgIpc) is 2.65. The lowest BCUT2D eigenvalue weighted by atomic mass is 9.97. The molecule has 0 saturated carbocycles. The molecule has 0 amide bonds. The van der Waals surface area contributed by atoms with Crippen molar-refractivity contribution in [2.24, 2.45) is 0 Å². The highest BCUT2D eigenvalue weighted by molar-refractivity contribution is 5.16. The molecule has 162 valence electrons. The second-order valence-corrected chi connectivity index (χ2v) is 8.61. The van der Waals surface area contributed by atoms with Crippen LogP contribution in [0.3, 0.4) is 0 Å². The van der Waals surface area contributed by atoms with Crippen molar-refractivity contribution in [3.05, 3.63) is 35.9 Å². The maximum absolute atomic E-state index is 9.96. The molecular weight excluding hydrogens is 346 g/mol. The second-order valence-electron chi connectivity index (χ2n) is 8.61. The lowest BCUT2D eigenvalue weighted by Crippen LogP contribution is -2.44. The first-order chi connectivity index (χ1) is 13.5. The molecule has 3 nitrogen and oxygen atoms in total. The van der Waals surface area contributed by atoms with E-state index in [2.05, 4.69) is 42.2 Å². The van der Waals surface area contributed by atoms with Crippen LogP contribution in [0.1, 0.15) is 90.5 Å². The van der Waals surface area contributed by atoms with Crippen LogP contribution in [0.15, 0.2) is 30.3 Å². The number of nitrogens with zero attached hydrogens (tertiary/aromatic N) is 1. The highest BCUT2D eigenvalue weighted by Crippen LogP contribution is 2.18. The van der Waals surface area contributed by atoms with Gasteiger partial charge in [-0.3, -0.25) is 4.90 Å². The Kier molecular flexibility index (Phi) is 14.3. The molecule has 28 heavy (non-hydrogen) atoms. The number of unbranched alkanes of at least 4 members (excludes halogenated alkanes) is 8. The number of hydrogen-bond acceptors (Lipinski definition) is 3. The average molecular weight is 392 g/mol. The highest BCUT2D eigenvalue weighted by Gasteiger charge is 2.21. The van der Waals surface area contributed by atoms with Crippen LogP contribution in [0.2, 0.25) is 0 Å². The molecule has 1 rings (SSSR count). The summed E-state index contributed by atoms with van der Waals surface area (Å²) in [4.78, 5) is 2.30. The summed E-state index contributed by atoms with van der Waals surface area (Å²) in [6.07, 6.45) is 13.4. The van der Waals surface area contributed by atoms with Crippen molar-refractivity contribution >= 4 is 0 Å². The van der Waals surface area contributed by atoms with E-state index in [4.69, 9.17) is 0 Å². The largest absolute Gasteiger partial charge is 0.392 e. The molecular formula is C25H45NO2. The summed E-state index contributed by atoms with van der Waals surface area (Å²) in [5.74, 6) is 0. The minimum Gasteiger partial charge on any atom is -0.392 e. The van der Waals surface area contributed by atoms with Crippen LogP contribution in [-0.2, 0) is 6.42 Å². The Morgan fingerprint density at radius 2 is 1.25 bits per heavy atom. The van der Waals surface area contributed by atoms with Crippen molar-refractivity contribution in [3.63, 3.8) is 0 Å². The molecule has 0 aliphatic heterocycles. The van der Waals surface area contributed by atoms with E-state index in [1.807, 2.05) is 13.8 Å². The first kappa shape index (κ1) is 25.1. The van der Waals surface area contributed by atoms with Gasteiger partial charge in [-0.05, 0) is 32.3 Å². The standard InChI is InChI=1S/C25H45NO2/c1-4-5-6-7-8-9-10-11-15-18-25(19-24-16-13-12-14-17-24)26(20-22(2)27)21-23(3)28/h12-14,16-17,22-23,25,27-28H,4-11,15,18-21H2,1-3H3. The Hall–Kier alpha value is -0.900. The van der Waals surface area contributed by atoms with E-state index in [0.29, 0.717) is 19.1 Å². The fourth-order valence-corrected chi connectivity index (χ4v) is 4.04. The minimum absolute atomic E-state index is 0.371. The Morgan fingerprint density at radius 1 is 0.750 bits per heavy atom. The molecule has 0 bridgehead atoms. The second kappa shape index (κ2) is 16.0. The molecule has 0 radical (unpaired) electrons. The SMILES string of the molecule is CCCCCCCCCCCC(Cc1ccccc1)N(CC(C)O)CC(C)O. The third-order valence-corrected chi connectivity index (χ3v) is 5.47. The van der Waals surface area contributed by atoms with E-state index in [9.17, 15) is 10.2 Å². The van der Waals surface area contributed by atoms with Crippen molar-refractivity contribution in [2.75, 3.05) is 13.1 Å². The molecule has 3 unspecified atom stereocenters. The smallest absolute Gasteiger partial charge is 0.0639 e. The van der Waals surface area contributed by atoms with Gasteiger partial charge in [0.25, 0.3) is 0 Å². The Bertz CT molecular complexity index is 451. The summed E-state index contributed by atoms with van der Waals surface area (Å²) in [6, 6.07) is 11.0. The maximum Gasteiger partial charge on any atom is 0.0639 e. The van der Waals surface area contributed by atoms with Gasteiger partial charge in [0.05, 0.1) is 12.2 Å². The van der Waals surface area contributed by atoms with Crippen LogP contribution in [0.4, 0.5) is 0 Å². The zero-order valence-electron chi connectivity index (χ0n) is 18.7. The van der Waals surface area contributed by atoms with E-state index in [1.165, 1.54) is 63.4 Å². The molecule has 1 aromatic rings. The number of rotatable bonds is 17. The summed E-state index contributed by atoms with van der Waals surface area (Å²) >= 11 is 0. The van der Waals surface area contributed by atoms with Crippen molar-refractivity contribution in [1.82, 2.24) is 4.90 Å². The Labute approximate surface area is 174 Å². The quantitative estimate of drug-likeness (QED) is 0.341. The minimum atomic E-state index is -0.375. The van der Waals surface area contributed by atoms with Crippen LogP contribution in [0, 0.1) is 0 Å². The zero-order valence-corrected chi connectivity index (χ0v) is 18.7. The Balaban J connectivity index is 2.50. The molecule has 3 heteroatoms. The fourth-order valence-electron chi connectivity index (χ4n) is 4.04. The lowest BCUT2D eigenvalue weighted by Gasteiger charge is -2.34. The van der Waals surface area contributed by atoms with E-state index in [0.717, 1.165) is 12.8 Å². The van der Waals surface area contributed by atoms with Gasteiger partial charge in [0, 0.05) is 19.1 Å². The third kappa shape index (κ3) is 12.5. The predicted molar refractivity (Wildman–Crippen MR) is 121 cm³/mol. The fraction of sp³-hybridized carbons (Fsp3) is 0.760. The van der Waals surface area contributed by atoms with Crippen molar-refractivity contribution < 1.29 is 10.2 Å². The van der Waals surface area contributed by atoms with Crippen LogP contribution in [0.5, 0.6) is 0 Å². The van der Waals surface area contributed by atoms with Crippen molar-refractivity contribution in [2.45, 2.75) is 110 Å². The molecule has 1 aromatic carbocycles. The monoisotopic (exact) mass is 391 g/mol. The van der Waals surface area contributed by atoms with E-state index in [-0.39, 0.29) is 12.2 Å². The number of benzene rings is 1. The molecule has 0 aromatic heterocycles. The molecule has 0 heterocycles. The zero-order chi connectivity index (χ0) is 20.6. The van der Waals surface area contributed by atoms with Gasteiger partial charge in [0.1, 0.15) is 0 Å². The Morgan fingerprint density at radius 3 is 1.75 bits per heavy atom. The van der Waals surface area contributed by atoms with Gasteiger partial charge in [-0.15, -0.1) is 0 Å². The molecule has 3 atom stereocenters. The molecule has 0 aliphatic rings. The molecule has 0 aliphatic carbocycles. The lowest BCUT2D eigenvalue weighted by molar-refractivity contribution is 0.0534. The summed E-state index contributed by atoms with van der Waals surface area (Å²) in [5, 5.41) is 19.9. The van der Waals surface area contributed by atoms with Gasteiger partial charge in [-0.25, -0.2) is 0 Å². The molecule has 0 fully saturated rings. The van der Waals surface area contributed by atoms with Crippen molar-refractivity contribution in [3.8, 4) is 0 Å². The van der Waals surface area contributed by atoms with Crippen molar-refractivity contribution in [1.29, 1.82) is 0 Å². The van der Waals surface area contributed by atoms with Gasteiger partial charge < -0.3 is 10.2 Å². The molecule has 0 spiro atoms. The molecule has 0 saturated heterocycles. The van der Waals surface area contributed by atoms with Gasteiger partial charge in [0.15, 0.2) is 0 Å². The number of aliphatic hydroxyl groups excluding tert-OH is 2. The highest BCUT2D eigenvalue weighted by atomic mass is 16.3. The van der Waals surface area contributed by atoms with Crippen LogP contribution in [-0.4, -0.2) is 46.5 Å². The summed E-state index contributed by atoms with van der Waals surface area (Å²) in [6.45, 7) is 7.20. The predicted octanol–water partition coefficient (Wildman–Crippen LogP) is 5.58. The van der Waals surface area contributed by atoms with Crippen LogP contribution >= 0.6 is 0 Å². The normalized spacial score (nSPS) is 14.9. The van der Waals surface area contributed by atoms with Gasteiger partial charge in [0.2, 0.25) is 0 Å². The summed E-state index contributed by atoms with van der Waals surface area (Å²) in [5.41, 5.74) is 1.34. The van der Waals surface area contributed by atoms with Gasteiger partial charge >= 0.3 is 0 Å². The molecule has 2 N–H and O–H groups in total. The topological polar surface area (TPSA) is 43.7 Å². The maximum atomic E-state index is 9.96. The summed E-state index contributed by atoms with van der Waals surface area (Å²) in [7, 11) is 0. The van der Waals surface area contributed by atoms with Gasteiger partial charge in [-0.2, -0.15) is 0 Å².